The smallest absolute Gasteiger partial charge is 0.411 e. The summed E-state index contributed by atoms with van der Waals surface area (Å²) in [6, 6.07) is 15.0. The molecule has 2 heterocycles. The number of aryl methyl sites for hydroxylation is 1. The third kappa shape index (κ3) is 6.70. The van der Waals surface area contributed by atoms with Crippen molar-refractivity contribution in [3.8, 4) is 0 Å². The van der Waals surface area contributed by atoms with Gasteiger partial charge in [-0.3, -0.25) is 5.32 Å². The van der Waals surface area contributed by atoms with Crippen LogP contribution in [0.5, 0.6) is 0 Å². The Kier molecular flexibility index (Phi) is 8.54. The number of thioether (sulfide) groups is 1. The summed E-state index contributed by atoms with van der Waals surface area (Å²) in [5, 5.41) is 21.0. The van der Waals surface area contributed by atoms with Crippen LogP contribution in [0.1, 0.15) is 35.5 Å². The zero-order valence-corrected chi connectivity index (χ0v) is 20.2. The molecular weight excluding hydrogens is 468 g/mol. The number of benzene rings is 2. The highest BCUT2D eigenvalue weighted by Crippen LogP contribution is 2.39. The molecule has 2 N–H and O–H groups in total. The maximum atomic E-state index is 11.9. The molecule has 1 aliphatic rings. The van der Waals surface area contributed by atoms with Crippen molar-refractivity contribution in [1.29, 1.82) is 0 Å². The maximum absolute atomic E-state index is 11.9. The number of hydrogen-bond acceptors (Lipinski definition) is 8. The lowest BCUT2D eigenvalue weighted by Gasteiger charge is -2.36. The van der Waals surface area contributed by atoms with Crippen LogP contribution < -0.4 is 5.32 Å². The standard InChI is InChI=1S/C25H28N4O5S/c1-3-11-32-25(31)27-20-6-4-5-19(12-20)23-33-21(15-35-24-28-26-16-29(24)2)13-22(34-23)18-9-7-17(14-30)8-10-18/h3-10,12,16,21-23,30H,1,11,13-15H2,2H3,(H,27,31). The van der Waals surface area contributed by atoms with Gasteiger partial charge in [-0.2, -0.15) is 0 Å². The molecule has 3 atom stereocenters. The number of carbonyl (C=O) groups excluding carboxylic acids is 1. The van der Waals surface area contributed by atoms with Crippen LogP contribution in [0.15, 0.2) is 72.7 Å². The second kappa shape index (κ2) is 12.0. The summed E-state index contributed by atoms with van der Waals surface area (Å²) in [6.07, 6.45) is 2.31. The number of carbonyl (C=O) groups is 1. The number of aliphatic hydroxyl groups is 1. The van der Waals surface area contributed by atoms with E-state index in [1.54, 1.807) is 24.2 Å². The summed E-state index contributed by atoms with van der Waals surface area (Å²) >= 11 is 1.57. The molecule has 1 fully saturated rings. The minimum absolute atomic E-state index is 0.0104. The van der Waals surface area contributed by atoms with Crippen molar-refractivity contribution in [2.45, 2.75) is 36.7 Å². The molecule has 0 radical (unpaired) electrons. The van der Waals surface area contributed by atoms with Crippen LogP contribution in [0, 0.1) is 0 Å². The molecule has 0 bridgehead atoms. The van der Waals surface area contributed by atoms with Crippen molar-refractivity contribution in [3.05, 3.63) is 84.2 Å². The van der Waals surface area contributed by atoms with Crippen LogP contribution >= 0.6 is 11.8 Å². The maximum Gasteiger partial charge on any atom is 0.411 e. The van der Waals surface area contributed by atoms with Gasteiger partial charge in [0.15, 0.2) is 11.4 Å². The predicted molar refractivity (Wildman–Crippen MR) is 132 cm³/mol. The van der Waals surface area contributed by atoms with Gasteiger partial charge in [-0.05, 0) is 23.3 Å². The van der Waals surface area contributed by atoms with Crippen LogP contribution in [0.3, 0.4) is 0 Å². The molecule has 0 saturated carbocycles. The third-order valence-electron chi connectivity index (χ3n) is 5.42. The Hall–Kier alpha value is -3.18. The van der Waals surface area contributed by atoms with Crippen molar-refractivity contribution in [1.82, 2.24) is 14.8 Å². The molecule has 10 heteroatoms. The van der Waals surface area contributed by atoms with Crippen molar-refractivity contribution in [2.75, 3.05) is 17.7 Å². The lowest BCUT2D eigenvalue weighted by molar-refractivity contribution is -0.245. The Morgan fingerprint density at radius 3 is 2.83 bits per heavy atom. The van der Waals surface area contributed by atoms with Gasteiger partial charge < -0.3 is 23.9 Å². The molecule has 184 valence electrons. The minimum Gasteiger partial charge on any atom is -0.445 e. The number of ether oxygens (including phenoxy) is 3. The van der Waals surface area contributed by atoms with Gasteiger partial charge in [0.25, 0.3) is 0 Å². The number of nitrogens with zero attached hydrogens (tertiary/aromatic N) is 3. The van der Waals surface area contributed by atoms with Crippen molar-refractivity contribution in [3.63, 3.8) is 0 Å². The average molecular weight is 497 g/mol. The van der Waals surface area contributed by atoms with Gasteiger partial charge in [-0.15, -0.1) is 10.2 Å². The fourth-order valence-corrected chi connectivity index (χ4v) is 4.55. The summed E-state index contributed by atoms with van der Waals surface area (Å²) < 4.78 is 19.6. The second-order valence-corrected chi connectivity index (χ2v) is 9.01. The second-order valence-electron chi connectivity index (χ2n) is 8.02. The van der Waals surface area contributed by atoms with E-state index in [1.165, 1.54) is 6.08 Å². The van der Waals surface area contributed by atoms with Gasteiger partial charge in [0.05, 0.1) is 18.8 Å². The monoisotopic (exact) mass is 496 g/mol. The fourth-order valence-electron chi connectivity index (χ4n) is 3.65. The van der Waals surface area contributed by atoms with Gasteiger partial charge in [0.2, 0.25) is 0 Å². The first-order chi connectivity index (χ1) is 17.1. The van der Waals surface area contributed by atoms with Crippen molar-refractivity contribution >= 4 is 23.5 Å². The number of amides is 1. The highest BCUT2D eigenvalue weighted by atomic mass is 32.2. The molecule has 0 spiro atoms. The summed E-state index contributed by atoms with van der Waals surface area (Å²) in [4.78, 5) is 11.9. The molecule has 1 amide bonds. The minimum atomic E-state index is -0.637. The Labute approximate surface area is 208 Å². The van der Waals surface area contributed by atoms with Crippen LogP contribution in [0.4, 0.5) is 10.5 Å². The highest BCUT2D eigenvalue weighted by molar-refractivity contribution is 7.99. The topological polar surface area (TPSA) is 108 Å². The van der Waals surface area contributed by atoms with Gasteiger partial charge in [0, 0.05) is 30.5 Å². The lowest BCUT2D eigenvalue weighted by atomic mass is 10.0. The van der Waals surface area contributed by atoms with Gasteiger partial charge in [-0.25, -0.2) is 4.79 Å². The Morgan fingerprint density at radius 2 is 2.11 bits per heavy atom. The number of aliphatic hydroxyl groups excluding tert-OH is 1. The number of aromatic nitrogens is 3. The van der Waals surface area contributed by atoms with Gasteiger partial charge in [0.1, 0.15) is 12.9 Å². The first-order valence-corrected chi connectivity index (χ1v) is 12.2. The first kappa shape index (κ1) is 24.9. The number of anilines is 1. The zero-order chi connectivity index (χ0) is 24.6. The molecule has 35 heavy (non-hydrogen) atoms. The van der Waals surface area contributed by atoms with Crippen LogP contribution in [-0.2, 0) is 27.9 Å². The Balaban J connectivity index is 1.52. The van der Waals surface area contributed by atoms with E-state index in [-0.39, 0.29) is 25.4 Å². The molecule has 9 nitrogen and oxygen atoms in total. The Bertz CT molecular complexity index is 1140. The fraction of sp³-hybridized carbons (Fsp3) is 0.320. The number of hydrogen-bond donors (Lipinski definition) is 2. The third-order valence-corrected chi connectivity index (χ3v) is 6.59. The molecule has 2 aromatic carbocycles. The molecule has 1 aromatic heterocycles. The molecule has 0 aliphatic carbocycles. The number of nitrogens with one attached hydrogen (secondary N) is 1. The van der Waals surface area contributed by atoms with E-state index in [4.69, 9.17) is 14.2 Å². The average Bonchev–Trinajstić information content (AvgIpc) is 3.30. The molecular formula is C25H28N4O5S. The predicted octanol–water partition coefficient (Wildman–Crippen LogP) is 4.38. The lowest BCUT2D eigenvalue weighted by Crippen LogP contribution is -2.31. The van der Waals surface area contributed by atoms with Crippen LogP contribution in [0.25, 0.3) is 0 Å². The summed E-state index contributed by atoms with van der Waals surface area (Å²) in [5.74, 6) is 0.670. The normalized spacial score (nSPS) is 19.8. The van der Waals surface area contributed by atoms with E-state index < -0.39 is 12.4 Å². The molecule has 1 aliphatic heterocycles. The highest BCUT2D eigenvalue weighted by Gasteiger charge is 2.32. The van der Waals surface area contributed by atoms with Gasteiger partial charge in [-0.1, -0.05) is 60.8 Å². The van der Waals surface area contributed by atoms with Crippen molar-refractivity contribution < 1.29 is 24.1 Å². The van der Waals surface area contributed by atoms with E-state index in [0.717, 1.165) is 21.8 Å². The van der Waals surface area contributed by atoms with Crippen molar-refractivity contribution in [2.24, 2.45) is 7.05 Å². The quantitative estimate of drug-likeness (QED) is 0.332. The molecule has 1 saturated heterocycles. The number of rotatable bonds is 9. The molecule has 3 aromatic rings. The first-order valence-electron chi connectivity index (χ1n) is 11.2. The summed E-state index contributed by atoms with van der Waals surface area (Å²) in [6.45, 7) is 3.66. The summed E-state index contributed by atoms with van der Waals surface area (Å²) in [5.41, 5.74) is 3.19. The van der Waals surface area contributed by atoms with Gasteiger partial charge >= 0.3 is 6.09 Å². The molecule has 3 unspecified atom stereocenters. The van der Waals surface area contributed by atoms with E-state index in [9.17, 15) is 9.90 Å². The Morgan fingerprint density at radius 1 is 1.29 bits per heavy atom. The largest absolute Gasteiger partial charge is 0.445 e. The summed E-state index contributed by atoms with van der Waals surface area (Å²) in [7, 11) is 1.90. The van der Waals surface area contributed by atoms with E-state index in [1.807, 2.05) is 54.1 Å². The van der Waals surface area contributed by atoms with E-state index >= 15 is 0 Å². The van der Waals surface area contributed by atoms with Crippen LogP contribution in [0.2, 0.25) is 0 Å². The van der Waals surface area contributed by atoms with Crippen LogP contribution in [-0.4, -0.2) is 44.4 Å². The molecule has 4 rings (SSSR count). The van der Waals surface area contributed by atoms with E-state index in [2.05, 4.69) is 22.1 Å². The SMILES string of the molecule is C=CCOC(=O)Nc1cccc(C2OC(CSc3nncn3C)CC(c3ccc(CO)cc3)O2)c1. The van der Waals surface area contributed by atoms with E-state index in [0.29, 0.717) is 17.9 Å². The zero-order valence-electron chi connectivity index (χ0n) is 19.4.